The molecule has 3 aromatic rings. The third-order valence-corrected chi connectivity index (χ3v) is 5.35. The van der Waals surface area contributed by atoms with Crippen LogP contribution in [-0.4, -0.2) is 26.5 Å². The quantitative estimate of drug-likeness (QED) is 0.750. The number of para-hydroxylation sites is 1. The minimum absolute atomic E-state index is 0.0971. The van der Waals surface area contributed by atoms with Gasteiger partial charge in [0.1, 0.15) is 0 Å². The van der Waals surface area contributed by atoms with E-state index in [-0.39, 0.29) is 11.9 Å². The molecule has 25 heavy (non-hydrogen) atoms. The molecule has 0 spiro atoms. The van der Waals surface area contributed by atoms with E-state index in [9.17, 15) is 4.79 Å². The van der Waals surface area contributed by atoms with Crippen LogP contribution >= 0.6 is 0 Å². The number of carbonyl (C=O) groups excluding carboxylic acids is 1. The maximum atomic E-state index is 12.6. The third-order valence-electron chi connectivity index (χ3n) is 5.35. The smallest absolute Gasteiger partial charge is 0.224 e. The fraction of sp³-hybridized carbons (Fsp3) is 0.400. The summed E-state index contributed by atoms with van der Waals surface area (Å²) in [5.41, 5.74) is 3.52. The normalized spacial score (nSPS) is 20.2. The molecule has 130 valence electrons. The number of amides is 1. The second-order valence-corrected chi connectivity index (χ2v) is 6.87. The van der Waals surface area contributed by atoms with Crippen LogP contribution in [0.5, 0.6) is 0 Å². The van der Waals surface area contributed by atoms with E-state index in [1.54, 1.807) is 6.20 Å². The predicted molar refractivity (Wildman–Crippen MR) is 98.4 cm³/mol. The number of nitrogens with one attached hydrogen (secondary N) is 2. The number of rotatable bonds is 5. The van der Waals surface area contributed by atoms with Crippen LogP contribution in [0.15, 0.2) is 43.1 Å². The summed E-state index contributed by atoms with van der Waals surface area (Å²) in [4.78, 5) is 20.1. The maximum absolute atomic E-state index is 12.6. The van der Waals surface area contributed by atoms with Crippen molar-refractivity contribution in [1.82, 2.24) is 19.9 Å². The van der Waals surface area contributed by atoms with Crippen molar-refractivity contribution in [2.24, 2.45) is 0 Å². The van der Waals surface area contributed by atoms with Gasteiger partial charge in [0.2, 0.25) is 5.91 Å². The van der Waals surface area contributed by atoms with Gasteiger partial charge < -0.3 is 14.9 Å². The Morgan fingerprint density at radius 3 is 3.08 bits per heavy atom. The van der Waals surface area contributed by atoms with Gasteiger partial charge in [-0.3, -0.25) is 4.79 Å². The highest BCUT2D eigenvalue weighted by Gasteiger charge is 2.29. The Kier molecular flexibility index (Phi) is 4.30. The molecule has 0 unspecified atom stereocenters. The van der Waals surface area contributed by atoms with Crippen molar-refractivity contribution in [3.05, 3.63) is 54.2 Å². The number of aromatic amines is 1. The average molecular weight is 336 g/mol. The summed E-state index contributed by atoms with van der Waals surface area (Å²) in [5.74, 6) is 0.0971. The van der Waals surface area contributed by atoms with Crippen LogP contribution in [0.3, 0.4) is 0 Å². The van der Waals surface area contributed by atoms with E-state index in [4.69, 9.17) is 0 Å². The van der Waals surface area contributed by atoms with Crippen molar-refractivity contribution in [1.29, 1.82) is 0 Å². The number of aromatic nitrogens is 3. The highest BCUT2D eigenvalue weighted by atomic mass is 16.1. The van der Waals surface area contributed by atoms with Crippen LogP contribution in [0.4, 0.5) is 0 Å². The van der Waals surface area contributed by atoms with Crippen molar-refractivity contribution in [2.75, 3.05) is 0 Å². The molecule has 1 aliphatic rings. The lowest BCUT2D eigenvalue weighted by Gasteiger charge is -2.22. The van der Waals surface area contributed by atoms with Crippen LogP contribution in [0.1, 0.15) is 43.4 Å². The summed E-state index contributed by atoms with van der Waals surface area (Å²) in [6.45, 7) is 2.15. The molecule has 0 saturated heterocycles. The number of hydrogen-bond acceptors (Lipinski definition) is 2. The zero-order valence-electron chi connectivity index (χ0n) is 14.5. The third kappa shape index (κ3) is 3.06. The fourth-order valence-electron chi connectivity index (χ4n) is 4.08. The first-order valence-electron chi connectivity index (χ1n) is 9.11. The van der Waals surface area contributed by atoms with Crippen LogP contribution in [0, 0.1) is 0 Å². The van der Waals surface area contributed by atoms with Crippen molar-refractivity contribution in [2.45, 2.75) is 51.1 Å². The van der Waals surface area contributed by atoms with Crippen molar-refractivity contribution in [3.8, 4) is 0 Å². The van der Waals surface area contributed by atoms with E-state index in [1.807, 2.05) is 18.7 Å². The van der Waals surface area contributed by atoms with E-state index < -0.39 is 0 Å². The number of carbonyl (C=O) groups is 1. The number of fused-ring (bicyclic) bond motifs is 1. The molecule has 1 amide bonds. The number of benzene rings is 1. The molecule has 0 radical (unpaired) electrons. The molecule has 2 aromatic heterocycles. The van der Waals surface area contributed by atoms with Gasteiger partial charge in [-0.2, -0.15) is 0 Å². The van der Waals surface area contributed by atoms with Gasteiger partial charge in [0, 0.05) is 35.5 Å². The van der Waals surface area contributed by atoms with Gasteiger partial charge in [0.25, 0.3) is 0 Å². The first kappa shape index (κ1) is 15.9. The molecule has 2 heterocycles. The Morgan fingerprint density at radius 1 is 1.36 bits per heavy atom. The molecular weight excluding hydrogens is 312 g/mol. The predicted octanol–water partition coefficient (Wildman–Crippen LogP) is 3.38. The van der Waals surface area contributed by atoms with E-state index in [1.165, 1.54) is 5.56 Å². The largest absolute Gasteiger partial charge is 0.361 e. The molecule has 1 saturated carbocycles. The lowest BCUT2D eigenvalue weighted by Crippen LogP contribution is -2.38. The zero-order valence-corrected chi connectivity index (χ0v) is 14.5. The molecular formula is C20H24N4O. The number of imidazole rings is 1. The Morgan fingerprint density at radius 2 is 2.28 bits per heavy atom. The summed E-state index contributed by atoms with van der Waals surface area (Å²) >= 11 is 0. The standard InChI is InChI=1S/C20H24N4O/c1-2-14-5-3-6-16-15(12-22-20(14)16)11-19(25)23-17-7-4-8-18(17)24-10-9-21-13-24/h3,5-6,9-10,12-13,17-18,22H,2,4,7-8,11H2,1H3,(H,23,25)/t17-,18+/m0/s1. The average Bonchev–Trinajstić information content (AvgIpc) is 3.35. The van der Waals surface area contributed by atoms with E-state index in [0.717, 1.165) is 42.1 Å². The van der Waals surface area contributed by atoms with Crippen molar-refractivity contribution in [3.63, 3.8) is 0 Å². The van der Waals surface area contributed by atoms with E-state index >= 15 is 0 Å². The van der Waals surface area contributed by atoms with Crippen LogP contribution in [0.25, 0.3) is 10.9 Å². The topological polar surface area (TPSA) is 62.7 Å². The second-order valence-electron chi connectivity index (χ2n) is 6.87. The first-order valence-corrected chi connectivity index (χ1v) is 9.11. The van der Waals surface area contributed by atoms with Gasteiger partial charge in [0.05, 0.1) is 18.8 Å². The molecule has 0 bridgehead atoms. The molecule has 0 aliphatic heterocycles. The fourth-order valence-corrected chi connectivity index (χ4v) is 4.08. The second kappa shape index (κ2) is 6.75. The Hall–Kier alpha value is -2.56. The maximum Gasteiger partial charge on any atom is 0.224 e. The van der Waals surface area contributed by atoms with Gasteiger partial charge in [0.15, 0.2) is 0 Å². The van der Waals surface area contributed by atoms with E-state index in [2.05, 4.69) is 45.0 Å². The molecule has 1 aromatic carbocycles. The first-order chi connectivity index (χ1) is 12.3. The Balaban J connectivity index is 1.47. The summed E-state index contributed by atoms with van der Waals surface area (Å²) in [7, 11) is 0. The summed E-state index contributed by atoms with van der Waals surface area (Å²) in [6.07, 6.45) is 12.3. The molecule has 5 nitrogen and oxygen atoms in total. The highest BCUT2D eigenvalue weighted by molar-refractivity contribution is 5.90. The summed E-state index contributed by atoms with van der Waals surface area (Å²) < 4.78 is 2.12. The number of aryl methyl sites for hydroxylation is 1. The highest BCUT2D eigenvalue weighted by Crippen LogP contribution is 2.30. The molecule has 1 aliphatic carbocycles. The molecule has 2 N–H and O–H groups in total. The Labute approximate surface area is 147 Å². The van der Waals surface area contributed by atoms with Crippen LogP contribution < -0.4 is 5.32 Å². The van der Waals surface area contributed by atoms with Gasteiger partial charge >= 0.3 is 0 Å². The van der Waals surface area contributed by atoms with Gasteiger partial charge in [-0.25, -0.2) is 4.98 Å². The van der Waals surface area contributed by atoms with Crippen LogP contribution in [0.2, 0.25) is 0 Å². The lowest BCUT2D eigenvalue weighted by atomic mass is 10.0. The number of H-pyrrole nitrogens is 1. The minimum Gasteiger partial charge on any atom is -0.361 e. The van der Waals surface area contributed by atoms with Crippen LogP contribution in [-0.2, 0) is 17.6 Å². The summed E-state index contributed by atoms with van der Waals surface area (Å²) in [6, 6.07) is 6.82. The molecule has 5 heteroatoms. The zero-order chi connectivity index (χ0) is 17.2. The van der Waals surface area contributed by atoms with Crippen molar-refractivity contribution >= 4 is 16.8 Å². The summed E-state index contributed by atoms with van der Waals surface area (Å²) in [5, 5.41) is 4.41. The SMILES string of the molecule is CCc1cccc2c(CC(=O)N[C@H]3CCC[C@H]3n3ccnc3)c[nH]c12. The van der Waals surface area contributed by atoms with Gasteiger partial charge in [-0.15, -0.1) is 0 Å². The van der Waals surface area contributed by atoms with Gasteiger partial charge in [-0.05, 0) is 36.8 Å². The lowest BCUT2D eigenvalue weighted by molar-refractivity contribution is -0.121. The molecule has 4 rings (SSSR count). The van der Waals surface area contributed by atoms with Crippen molar-refractivity contribution < 1.29 is 4.79 Å². The monoisotopic (exact) mass is 336 g/mol. The number of nitrogens with zero attached hydrogens (tertiary/aromatic N) is 2. The van der Waals surface area contributed by atoms with E-state index in [0.29, 0.717) is 12.5 Å². The Bertz CT molecular complexity index is 865. The van der Waals surface area contributed by atoms with Gasteiger partial charge in [-0.1, -0.05) is 25.1 Å². The minimum atomic E-state index is 0.0971. The number of hydrogen-bond donors (Lipinski definition) is 2. The molecule has 2 atom stereocenters. The molecule has 1 fully saturated rings.